The molecule has 118 valence electrons. The van der Waals surface area contributed by atoms with E-state index in [2.05, 4.69) is 33.8 Å². The van der Waals surface area contributed by atoms with Crippen LogP contribution in [-0.2, 0) is 10.2 Å². The number of hydrogen-bond donors (Lipinski definition) is 2. The van der Waals surface area contributed by atoms with Crippen molar-refractivity contribution in [3.05, 3.63) is 35.4 Å². The van der Waals surface area contributed by atoms with Crippen LogP contribution in [0.4, 0.5) is 0 Å². The molecular formula is C18H29NO2. The molecule has 0 fully saturated rings. The van der Waals surface area contributed by atoms with Crippen LogP contribution in [0.5, 0.6) is 0 Å². The molecule has 1 atom stereocenters. The molecule has 0 amide bonds. The summed E-state index contributed by atoms with van der Waals surface area (Å²) in [6.07, 6.45) is 0. The number of benzene rings is 1. The van der Waals surface area contributed by atoms with Crippen LogP contribution >= 0.6 is 0 Å². The first-order valence-electron chi connectivity index (χ1n) is 7.58. The zero-order valence-electron chi connectivity index (χ0n) is 14.1. The van der Waals surface area contributed by atoms with E-state index in [1.165, 1.54) is 0 Å². The summed E-state index contributed by atoms with van der Waals surface area (Å²) in [5.41, 5.74) is 7.25. The molecule has 0 bridgehead atoms. The van der Waals surface area contributed by atoms with Gasteiger partial charge in [-0.1, -0.05) is 65.8 Å². The molecule has 3 nitrogen and oxygen atoms in total. The van der Waals surface area contributed by atoms with E-state index >= 15 is 0 Å². The number of aliphatic carboxylic acids is 1. The first kappa shape index (κ1) is 17.7. The standard InChI is InChI=1S/C18H29NO2/c1-12(2)18(5,6)14-10-8-7-9-13(14)15(16(20)21)17(3,4)11-19/h7-10,12,15H,11,19H2,1-6H3,(H,20,21). The van der Waals surface area contributed by atoms with Gasteiger partial charge in [-0.3, -0.25) is 4.79 Å². The summed E-state index contributed by atoms with van der Waals surface area (Å²) < 4.78 is 0. The highest BCUT2D eigenvalue weighted by Crippen LogP contribution is 2.42. The van der Waals surface area contributed by atoms with Gasteiger partial charge in [0.25, 0.3) is 0 Å². The zero-order valence-corrected chi connectivity index (χ0v) is 14.1. The molecule has 1 rings (SSSR count). The van der Waals surface area contributed by atoms with Crippen LogP contribution in [0.25, 0.3) is 0 Å². The van der Waals surface area contributed by atoms with E-state index in [0.717, 1.165) is 11.1 Å². The molecule has 0 aromatic heterocycles. The van der Waals surface area contributed by atoms with E-state index in [1.807, 2.05) is 32.0 Å². The maximum Gasteiger partial charge on any atom is 0.311 e. The van der Waals surface area contributed by atoms with Gasteiger partial charge in [0.2, 0.25) is 0 Å². The van der Waals surface area contributed by atoms with E-state index in [9.17, 15) is 9.90 Å². The predicted molar refractivity (Wildman–Crippen MR) is 87.5 cm³/mol. The summed E-state index contributed by atoms with van der Waals surface area (Å²) in [7, 11) is 0. The van der Waals surface area contributed by atoms with Gasteiger partial charge in [-0.05, 0) is 34.4 Å². The first-order chi connectivity index (χ1) is 9.55. The molecule has 0 saturated carbocycles. The van der Waals surface area contributed by atoms with Crippen molar-refractivity contribution >= 4 is 5.97 Å². The second-order valence-corrected chi connectivity index (χ2v) is 7.43. The summed E-state index contributed by atoms with van der Waals surface area (Å²) >= 11 is 0. The summed E-state index contributed by atoms with van der Waals surface area (Å²) in [6, 6.07) is 7.89. The lowest BCUT2D eigenvalue weighted by atomic mass is 9.67. The van der Waals surface area contributed by atoms with Crippen molar-refractivity contribution in [1.29, 1.82) is 0 Å². The van der Waals surface area contributed by atoms with Crippen molar-refractivity contribution in [2.24, 2.45) is 17.1 Å². The minimum Gasteiger partial charge on any atom is -0.481 e. The fraction of sp³-hybridized carbons (Fsp3) is 0.611. The van der Waals surface area contributed by atoms with Gasteiger partial charge in [-0.15, -0.1) is 0 Å². The maximum atomic E-state index is 11.9. The van der Waals surface area contributed by atoms with Crippen LogP contribution in [0.3, 0.4) is 0 Å². The second-order valence-electron chi connectivity index (χ2n) is 7.43. The number of carboxylic acids is 1. The molecule has 1 aromatic carbocycles. The molecule has 0 heterocycles. The molecule has 1 unspecified atom stereocenters. The first-order valence-corrected chi connectivity index (χ1v) is 7.58. The van der Waals surface area contributed by atoms with E-state index in [4.69, 9.17) is 5.73 Å². The second kappa shape index (κ2) is 6.18. The van der Waals surface area contributed by atoms with Gasteiger partial charge < -0.3 is 10.8 Å². The molecule has 3 N–H and O–H groups in total. The predicted octanol–water partition coefficient (Wildman–Crippen LogP) is 3.77. The Morgan fingerprint density at radius 1 is 1.19 bits per heavy atom. The van der Waals surface area contributed by atoms with Crippen LogP contribution in [0.15, 0.2) is 24.3 Å². The van der Waals surface area contributed by atoms with E-state index in [-0.39, 0.29) is 5.41 Å². The highest BCUT2D eigenvalue weighted by atomic mass is 16.4. The SMILES string of the molecule is CC(C)C(C)(C)c1ccccc1C(C(=O)O)C(C)(C)CN. The van der Waals surface area contributed by atoms with Crippen molar-refractivity contribution in [3.8, 4) is 0 Å². The van der Waals surface area contributed by atoms with Crippen LogP contribution in [0.1, 0.15) is 58.6 Å². The number of carboxylic acid groups (broad SMARTS) is 1. The van der Waals surface area contributed by atoms with Gasteiger partial charge in [-0.2, -0.15) is 0 Å². The molecule has 0 spiro atoms. The lowest BCUT2D eigenvalue weighted by Crippen LogP contribution is -2.37. The summed E-state index contributed by atoms with van der Waals surface area (Å²) in [5, 5.41) is 9.77. The molecule has 0 saturated heterocycles. The van der Waals surface area contributed by atoms with Gasteiger partial charge in [-0.25, -0.2) is 0 Å². The topological polar surface area (TPSA) is 63.3 Å². The third kappa shape index (κ3) is 3.46. The zero-order chi connectivity index (χ0) is 16.4. The summed E-state index contributed by atoms with van der Waals surface area (Å²) in [5.74, 6) is -0.997. The minimum absolute atomic E-state index is 0.0883. The fourth-order valence-electron chi connectivity index (χ4n) is 2.65. The van der Waals surface area contributed by atoms with Crippen molar-refractivity contribution in [2.75, 3.05) is 6.54 Å². The smallest absolute Gasteiger partial charge is 0.311 e. The maximum absolute atomic E-state index is 11.9. The van der Waals surface area contributed by atoms with E-state index in [0.29, 0.717) is 12.5 Å². The number of rotatable bonds is 6. The van der Waals surface area contributed by atoms with Gasteiger partial charge in [0.15, 0.2) is 0 Å². The van der Waals surface area contributed by atoms with Gasteiger partial charge >= 0.3 is 5.97 Å². The molecular weight excluding hydrogens is 262 g/mol. The average molecular weight is 291 g/mol. The minimum atomic E-state index is -0.808. The summed E-state index contributed by atoms with van der Waals surface area (Å²) in [6.45, 7) is 12.9. The lowest BCUT2D eigenvalue weighted by Gasteiger charge is -2.37. The number of hydrogen-bond acceptors (Lipinski definition) is 2. The Hall–Kier alpha value is -1.35. The normalized spacial score (nSPS) is 14.3. The quantitative estimate of drug-likeness (QED) is 0.838. The van der Waals surface area contributed by atoms with Crippen LogP contribution < -0.4 is 5.73 Å². The molecule has 0 aliphatic heterocycles. The highest BCUT2D eigenvalue weighted by molar-refractivity contribution is 5.78. The highest BCUT2D eigenvalue weighted by Gasteiger charge is 2.39. The van der Waals surface area contributed by atoms with Crippen LogP contribution in [0.2, 0.25) is 0 Å². The van der Waals surface area contributed by atoms with Crippen LogP contribution in [0, 0.1) is 11.3 Å². The Kier molecular flexibility index (Phi) is 5.21. The molecule has 3 heteroatoms. The molecule has 0 radical (unpaired) electrons. The molecule has 0 aliphatic rings. The largest absolute Gasteiger partial charge is 0.481 e. The molecule has 0 aliphatic carbocycles. The average Bonchev–Trinajstić information content (AvgIpc) is 2.38. The number of carbonyl (C=O) groups is 1. The van der Waals surface area contributed by atoms with E-state index < -0.39 is 17.3 Å². The fourth-order valence-corrected chi connectivity index (χ4v) is 2.65. The van der Waals surface area contributed by atoms with Gasteiger partial charge in [0.1, 0.15) is 0 Å². The Morgan fingerprint density at radius 3 is 2.14 bits per heavy atom. The Bertz CT molecular complexity index is 504. The molecule has 21 heavy (non-hydrogen) atoms. The monoisotopic (exact) mass is 291 g/mol. The Morgan fingerprint density at radius 2 is 1.71 bits per heavy atom. The van der Waals surface area contributed by atoms with Crippen molar-refractivity contribution < 1.29 is 9.90 Å². The summed E-state index contributed by atoms with van der Waals surface area (Å²) in [4.78, 5) is 11.9. The molecule has 1 aromatic rings. The third-order valence-corrected chi connectivity index (χ3v) is 4.96. The van der Waals surface area contributed by atoms with Gasteiger partial charge in [0, 0.05) is 0 Å². The van der Waals surface area contributed by atoms with Crippen molar-refractivity contribution in [2.45, 2.75) is 52.9 Å². The Balaban J connectivity index is 3.52. The van der Waals surface area contributed by atoms with Crippen molar-refractivity contribution in [3.63, 3.8) is 0 Å². The Labute approximate surface area is 128 Å². The van der Waals surface area contributed by atoms with Crippen molar-refractivity contribution in [1.82, 2.24) is 0 Å². The van der Waals surface area contributed by atoms with Crippen LogP contribution in [-0.4, -0.2) is 17.6 Å². The van der Waals surface area contributed by atoms with E-state index in [1.54, 1.807) is 0 Å². The number of nitrogens with two attached hydrogens (primary N) is 1. The third-order valence-electron chi connectivity index (χ3n) is 4.96. The van der Waals surface area contributed by atoms with Gasteiger partial charge in [0.05, 0.1) is 5.92 Å². The lowest BCUT2D eigenvalue weighted by molar-refractivity contribution is -0.141.